The molecule has 1 aromatic heterocycles. The fourth-order valence-electron chi connectivity index (χ4n) is 1.09. The van der Waals surface area contributed by atoms with Crippen molar-refractivity contribution in [2.24, 2.45) is 0 Å². The maximum absolute atomic E-state index is 10.5. The van der Waals surface area contributed by atoms with Gasteiger partial charge in [-0.2, -0.15) is 11.8 Å². The Kier molecular flexibility index (Phi) is 5.27. The molecule has 0 saturated carbocycles. The molecule has 0 aliphatic heterocycles. The zero-order chi connectivity index (χ0) is 12.0. The molecule has 7 heteroatoms. The monoisotopic (exact) mass is 244 g/mol. The van der Waals surface area contributed by atoms with Gasteiger partial charge in [-0.3, -0.25) is 4.68 Å². The number of hydrogen-bond donors (Lipinski definition) is 2. The molecule has 0 aromatic carbocycles. The highest BCUT2D eigenvalue weighted by molar-refractivity contribution is 7.99. The van der Waals surface area contributed by atoms with Gasteiger partial charge in [0.25, 0.3) is 0 Å². The van der Waals surface area contributed by atoms with Crippen LogP contribution in [0.3, 0.4) is 0 Å². The van der Waals surface area contributed by atoms with Crippen molar-refractivity contribution in [3.8, 4) is 0 Å². The van der Waals surface area contributed by atoms with Gasteiger partial charge in [-0.1, -0.05) is 12.1 Å². The second-order valence-corrected chi connectivity index (χ2v) is 4.70. The minimum Gasteiger partial charge on any atom is -0.476 e. The van der Waals surface area contributed by atoms with Gasteiger partial charge < -0.3 is 10.4 Å². The van der Waals surface area contributed by atoms with E-state index in [0.29, 0.717) is 11.8 Å². The number of nitrogens with one attached hydrogen (secondary N) is 1. The Balaban J connectivity index is 2.24. The summed E-state index contributed by atoms with van der Waals surface area (Å²) in [5.74, 6) is -1.05. The van der Waals surface area contributed by atoms with E-state index in [1.165, 1.54) is 10.9 Å². The topological polar surface area (TPSA) is 80.0 Å². The Labute approximate surface area is 98.4 Å². The van der Waals surface area contributed by atoms with Crippen molar-refractivity contribution < 1.29 is 9.90 Å². The van der Waals surface area contributed by atoms with E-state index < -0.39 is 5.97 Å². The normalized spacial score (nSPS) is 12.6. The predicted octanol–water partition coefficient (Wildman–Crippen LogP) is 0.317. The van der Waals surface area contributed by atoms with Crippen LogP contribution in [-0.4, -0.2) is 50.7 Å². The maximum Gasteiger partial charge on any atom is 0.358 e. The summed E-state index contributed by atoms with van der Waals surface area (Å²) < 4.78 is 1.53. The minimum absolute atomic E-state index is 0.0162. The average Bonchev–Trinajstić information content (AvgIpc) is 2.72. The summed E-state index contributed by atoms with van der Waals surface area (Å²) in [6, 6.07) is 0. The first-order valence-corrected chi connectivity index (χ1v) is 6.29. The summed E-state index contributed by atoms with van der Waals surface area (Å²) in [5, 5.41) is 19.7. The fraction of sp³-hybridized carbons (Fsp3) is 0.667. The van der Waals surface area contributed by atoms with Crippen LogP contribution in [0.25, 0.3) is 0 Å². The molecule has 0 fully saturated rings. The zero-order valence-electron chi connectivity index (χ0n) is 9.38. The van der Waals surface area contributed by atoms with Crippen molar-refractivity contribution in [2.45, 2.75) is 18.7 Å². The number of aromatic carboxylic acids is 1. The second kappa shape index (κ2) is 6.49. The lowest BCUT2D eigenvalue weighted by molar-refractivity contribution is 0.0690. The molecule has 0 aliphatic carbocycles. The average molecular weight is 244 g/mol. The lowest BCUT2D eigenvalue weighted by Gasteiger charge is -2.09. The fourth-order valence-corrected chi connectivity index (χ4v) is 1.37. The summed E-state index contributed by atoms with van der Waals surface area (Å²) in [7, 11) is 0. The number of thioether (sulfide) groups is 1. The van der Waals surface area contributed by atoms with Crippen LogP contribution in [0.4, 0.5) is 0 Å². The van der Waals surface area contributed by atoms with Gasteiger partial charge in [-0.15, -0.1) is 5.10 Å². The highest BCUT2D eigenvalue weighted by atomic mass is 32.2. The third-order valence-electron chi connectivity index (χ3n) is 2.11. The van der Waals surface area contributed by atoms with Crippen molar-refractivity contribution in [1.82, 2.24) is 20.3 Å². The van der Waals surface area contributed by atoms with E-state index in [-0.39, 0.29) is 5.69 Å². The van der Waals surface area contributed by atoms with E-state index in [9.17, 15) is 4.79 Å². The van der Waals surface area contributed by atoms with Gasteiger partial charge in [0, 0.05) is 18.3 Å². The first-order valence-electron chi connectivity index (χ1n) is 5.00. The van der Waals surface area contributed by atoms with Gasteiger partial charge in [-0.25, -0.2) is 4.79 Å². The quantitative estimate of drug-likeness (QED) is 0.672. The van der Waals surface area contributed by atoms with Gasteiger partial charge in [0.1, 0.15) is 0 Å². The van der Waals surface area contributed by atoms with E-state index in [0.717, 1.165) is 13.1 Å². The van der Waals surface area contributed by atoms with Crippen LogP contribution in [-0.2, 0) is 6.54 Å². The number of carbonyl (C=O) groups is 1. The Hall–Kier alpha value is -1.08. The van der Waals surface area contributed by atoms with Crippen LogP contribution in [0, 0.1) is 0 Å². The Bertz CT molecular complexity index is 342. The Morgan fingerprint density at radius 3 is 3.06 bits per heavy atom. The molecule has 1 unspecified atom stereocenters. The molecule has 0 aliphatic rings. The number of rotatable bonds is 7. The lowest BCUT2D eigenvalue weighted by atomic mass is 10.4. The van der Waals surface area contributed by atoms with Gasteiger partial charge in [-0.05, 0) is 6.26 Å². The molecule has 1 heterocycles. The van der Waals surface area contributed by atoms with Crippen molar-refractivity contribution in [3.05, 3.63) is 11.9 Å². The van der Waals surface area contributed by atoms with Gasteiger partial charge in [0.2, 0.25) is 0 Å². The summed E-state index contributed by atoms with van der Waals surface area (Å²) in [5.41, 5.74) is -0.0162. The Morgan fingerprint density at radius 1 is 1.75 bits per heavy atom. The molecule has 1 atom stereocenters. The van der Waals surface area contributed by atoms with E-state index in [1.54, 1.807) is 11.8 Å². The van der Waals surface area contributed by atoms with E-state index in [4.69, 9.17) is 5.11 Å². The number of carboxylic acid groups (broad SMARTS) is 1. The maximum atomic E-state index is 10.5. The number of hydrogen-bond acceptors (Lipinski definition) is 5. The summed E-state index contributed by atoms with van der Waals surface area (Å²) in [6.07, 6.45) is 3.50. The molecular weight excluding hydrogens is 228 g/mol. The van der Waals surface area contributed by atoms with Crippen LogP contribution in [0.2, 0.25) is 0 Å². The highest BCUT2D eigenvalue weighted by Crippen LogP contribution is 2.02. The van der Waals surface area contributed by atoms with Crippen LogP contribution >= 0.6 is 11.8 Å². The van der Waals surface area contributed by atoms with E-state index >= 15 is 0 Å². The van der Waals surface area contributed by atoms with Crippen molar-refractivity contribution in [3.63, 3.8) is 0 Å². The van der Waals surface area contributed by atoms with Crippen molar-refractivity contribution in [2.75, 3.05) is 19.3 Å². The van der Waals surface area contributed by atoms with Crippen LogP contribution < -0.4 is 5.32 Å². The number of aromatic nitrogens is 3. The van der Waals surface area contributed by atoms with Gasteiger partial charge >= 0.3 is 5.97 Å². The van der Waals surface area contributed by atoms with E-state index in [2.05, 4.69) is 28.8 Å². The molecule has 0 radical (unpaired) electrons. The lowest BCUT2D eigenvalue weighted by Crippen LogP contribution is -2.26. The minimum atomic E-state index is -1.05. The molecule has 6 nitrogen and oxygen atoms in total. The van der Waals surface area contributed by atoms with Gasteiger partial charge in [0.05, 0.1) is 12.7 Å². The second-order valence-electron chi connectivity index (χ2n) is 3.42. The molecule has 0 spiro atoms. The van der Waals surface area contributed by atoms with Crippen LogP contribution in [0.15, 0.2) is 6.20 Å². The Morgan fingerprint density at radius 2 is 2.50 bits per heavy atom. The van der Waals surface area contributed by atoms with Crippen LogP contribution in [0.1, 0.15) is 17.4 Å². The zero-order valence-corrected chi connectivity index (χ0v) is 10.2. The smallest absolute Gasteiger partial charge is 0.358 e. The number of nitrogens with zero attached hydrogens (tertiary/aromatic N) is 3. The van der Waals surface area contributed by atoms with Crippen molar-refractivity contribution in [1.29, 1.82) is 0 Å². The SMILES string of the molecule is CSC(C)CNCCn1cc(C(=O)O)nn1. The molecule has 0 amide bonds. The molecule has 16 heavy (non-hydrogen) atoms. The van der Waals surface area contributed by atoms with Crippen LogP contribution in [0.5, 0.6) is 0 Å². The first-order chi connectivity index (χ1) is 7.63. The standard InChI is InChI=1S/C9H16N4O2S/c1-7(16-2)5-10-3-4-13-6-8(9(14)15)11-12-13/h6-7,10H,3-5H2,1-2H3,(H,14,15). The molecule has 2 N–H and O–H groups in total. The highest BCUT2D eigenvalue weighted by Gasteiger charge is 2.07. The molecule has 90 valence electrons. The molecule has 1 rings (SSSR count). The predicted molar refractivity (Wildman–Crippen MR) is 62.8 cm³/mol. The molecule has 0 saturated heterocycles. The van der Waals surface area contributed by atoms with Gasteiger partial charge in [0.15, 0.2) is 5.69 Å². The van der Waals surface area contributed by atoms with E-state index in [1.807, 2.05) is 0 Å². The first kappa shape index (κ1) is 13.0. The van der Waals surface area contributed by atoms with Crippen molar-refractivity contribution >= 4 is 17.7 Å². The number of carboxylic acids is 1. The third kappa shape index (κ3) is 4.19. The molecule has 1 aromatic rings. The molecular formula is C9H16N4O2S. The molecule has 0 bridgehead atoms. The summed E-state index contributed by atoms with van der Waals surface area (Å²) >= 11 is 1.80. The third-order valence-corrected chi connectivity index (χ3v) is 3.08. The summed E-state index contributed by atoms with van der Waals surface area (Å²) in [6.45, 7) is 4.46. The summed E-state index contributed by atoms with van der Waals surface area (Å²) in [4.78, 5) is 10.5. The largest absolute Gasteiger partial charge is 0.476 e.